The van der Waals surface area contributed by atoms with Crippen molar-refractivity contribution in [2.45, 2.75) is 104 Å². The van der Waals surface area contributed by atoms with Gasteiger partial charge in [-0.05, 0) is 73.2 Å². The van der Waals surface area contributed by atoms with Gasteiger partial charge in [0.2, 0.25) is 5.79 Å². The minimum atomic E-state index is -1.46. The van der Waals surface area contributed by atoms with Crippen molar-refractivity contribution >= 4 is 0 Å². The molecule has 3 heteroatoms. The van der Waals surface area contributed by atoms with E-state index in [9.17, 15) is 5.11 Å². The predicted molar refractivity (Wildman–Crippen MR) is 124 cm³/mol. The minimum Gasteiger partial charge on any atom is -0.363 e. The van der Waals surface area contributed by atoms with E-state index in [1.807, 2.05) is 0 Å². The lowest BCUT2D eigenvalue weighted by Crippen LogP contribution is -2.36. The van der Waals surface area contributed by atoms with E-state index in [0.29, 0.717) is 30.6 Å². The standard InChI is InChI=1S/C27H44O3/c1-19(2)8-6-9-21(4)24-13-14-25-22(10-7-16-26(24,25)5)11-12-23-18-27(28,30-29)17-15-20(23)3/h11-12,19,21,24-25,28-29H,3,6-10,13-18H2,1-2,4-5H3. The van der Waals surface area contributed by atoms with Crippen LogP contribution < -0.4 is 0 Å². The highest BCUT2D eigenvalue weighted by atomic mass is 17.1. The van der Waals surface area contributed by atoms with Gasteiger partial charge in [-0.2, -0.15) is 0 Å². The van der Waals surface area contributed by atoms with Gasteiger partial charge in [-0.1, -0.05) is 76.8 Å². The lowest BCUT2D eigenvalue weighted by molar-refractivity contribution is -0.394. The maximum absolute atomic E-state index is 10.3. The largest absolute Gasteiger partial charge is 0.363 e. The van der Waals surface area contributed by atoms with Gasteiger partial charge in [0.15, 0.2) is 0 Å². The van der Waals surface area contributed by atoms with Gasteiger partial charge in [0.1, 0.15) is 0 Å². The summed E-state index contributed by atoms with van der Waals surface area (Å²) >= 11 is 0. The molecule has 0 radical (unpaired) electrons. The van der Waals surface area contributed by atoms with Crippen LogP contribution in [0.5, 0.6) is 0 Å². The molecular weight excluding hydrogens is 372 g/mol. The smallest absolute Gasteiger partial charge is 0.203 e. The fourth-order valence-electron chi connectivity index (χ4n) is 6.74. The molecule has 30 heavy (non-hydrogen) atoms. The van der Waals surface area contributed by atoms with E-state index in [1.165, 1.54) is 51.4 Å². The Morgan fingerprint density at radius 1 is 1.13 bits per heavy atom. The summed E-state index contributed by atoms with van der Waals surface area (Å²) in [6.45, 7) is 13.9. The fourth-order valence-corrected chi connectivity index (χ4v) is 6.74. The maximum Gasteiger partial charge on any atom is 0.203 e. The monoisotopic (exact) mass is 416 g/mol. The van der Waals surface area contributed by atoms with Crippen molar-refractivity contribution in [3.05, 3.63) is 35.5 Å². The number of hydrogen-bond acceptors (Lipinski definition) is 3. The molecule has 0 spiro atoms. The Morgan fingerprint density at radius 2 is 1.90 bits per heavy atom. The first kappa shape index (κ1) is 23.8. The predicted octanol–water partition coefficient (Wildman–Crippen LogP) is 7.44. The van der Waals surface area contributed by atoms with E-state index < -0.39 is 5.79 Å². The number of hydrogen-bond donors (Lipinski definition) is 2. The molecule has 0 aromatic heterocycles. The van der Waals surface area contributed by atoms with Gasteiger partial charge in [-0.25, -0.2) is 10.1 Å². The Bertz CT molecular complexity index is 676. The average molecular weight is 417 g/mol. The number of aliphatic hydroxyl groups is 1. The summed E-state index contributed by atoms with van der Waals surface area (Å²) < 4.78 is 0. The molecular formula is C27H44O3. The van der Waals surface area contributed by atoms with Crippen molar-refractivity contribution in [2.24, 2.45) is 29.1 Å². The minimum absolute atomic E-state index is 0.309. The maximum atomic E-state index is 10.3. The van der Waals surface area contributed by atoms with Crippen molar-refractivity contribution in [1.29, 1.82) is 0 Å². The third kappa shape index (κ3) is 5.11. The molecule has 3 fully saturated rings. The summed E-state index contributed by atoms with van der Waals surface area (Å²) in [6.07, 6.45) is 16.4. The van der Waals surface area contributed by atoms with E-state index in [0.717, 1.165) is 28.9 Å². The highest BCUT2D eigenvalue weighted by Gasteiger charge is 2.50. The molecule has 5 atom stereocenters. The first-order chi connectivity index (χ1) is 14.2. The summed E-state index contributed by atoms with van der Waals surface area (Å²) in [7, 11) is 0. The third-order valence-corrected chi connectivity index (χ3v) is 8.57. The molecule has 3 nitrogen and oxygen atoms in total. The van der Waals surface area contributed by atoms with Crippen LogP contribution in [0.4, 0.5) is 0 Å². The normalized spacial score (nSPS) is 38.4. The first-order valence-corrected chi connectivity index (χ1v) is 12.3. The second-order valence-corrected chi connectivity index (χ2v) is 11.1. The first-order valence-electron chi connectivity index (χ1n) is 12.3. The van der Waals surface area contributed by atoms with Gasteiger partial charge < -0.3 is 5.11 Å². The second-order valence-electron chi connectivity index (χ2n) is 11.1. The van der Waals surface area contributed by atoms with Crippen LogP contribution >= 0.6 is 0 Å². The van der Waals surface area contributed by atoms with Crippen LogP contribution in [0.3, 0.4) is 0 Å². The van der Waals surface area contributed by atoms with Crippen LogP contribution in [0.1, 0.15) is 98.3 Å². The molecule has 2 N–H and O–H groups in total. The van der Waals surface area contributed by atoms with Crippen LogP contribution in [-0.2, 0) is 4.89 Å². The molecule has 0 amide bonds. The van der Waals surface area contributed by atoms with Crippen molar-refractivity contribution in [3.8, 4) is 0 Å². The zero-order chi connectivity index (χ0) is 21.9. The molecule has 0 bridgehead atoms. The Hall–Kier alpha value is -0.900. The van der Waals surface area contributed by atoms with Crippen molar-refractivity contribution < 1.29 is 15.3 Å². The summed E-state index contributed by atoms with van der Waals surface area (Å²) in [6, 6.07) is 0. The molecule has 3 saturated carbocycles. The van der Waals surface area contributed by atoms with Crippen molar-refractivity contribution in [1.82, 2.24) is 0 Å². The van der Waals surface area contributed by atoms with Gasteiger partial charge >= 0.3 is 0 Å². The van der Waals surface area contributed by atoms with E-state index in [1.54, 1.807) is 5.57 Å². The highest BCUT2D eigenvalue weighted by Crippen LogP contribution is 2.60. The summed E-state index contributed by atoms with van der Waals surface area (Å²) in [5, 5.41) is 19.4. The molecule has 3 aliphatic rings. The number of fused-ring (bicyclic) bond motifs is 1. The SMILES string of the molecule is C=C1CCC(O)(OO)CC1=CC=C1CCCC2(C)C1CCC2C(C)CCCC(C)C. The molecule has 3 aliphatic carbocycles. The summed E-state index contributed by atoms with van der Waals surface area (Å²) in [4.78, 5) is 4.37. The molecule has 0 aromatic rings. The zero-order valence-corrected chi connectivity index (χ0v) is 19.8. The molecule has 3 rings (SSSR count). The van der Waals surface area contributed by atoms with E-state index in [2.05, 4.69) is 51.3 Å². The third-order valence-electron chi connectivity index (χ3n) is 8.57. The van der Waals surface area contributed by atoms with Gasteiger partial charge in [0.05, 0.1) is 0 Å². The van der Waals surface area contributed by atoms with Crippen LogP contribution in [0, 0.1) is 29.1 Å². The highest BCUT2D eigenvalue weighted by molar-refractivity contribution is 5.37. The number of rotatable bonds is 7. The molecule has 0 aromatic carbocycles. The lowest BCUT2D eigenvalue weighted by atomic mass is 9.60. The Balaban J connectivity index is 1.72. The van der Waals surface area contributed by atoms with Crippen LogP contribution in [-0.4, -0.2) is 16.2 Å². The Morgan fingerprint density at radius 3 is 2.60 bits per heavy atom. The van der Waals surface area contributed by atoms with Crippen molar-refractivity contribution in [3.63, 3.8) is 0 Å². The molecule has 5 unspecified atom stereocenters. The summed E-state index contributed by atoms with van der Waals surface area (Å²) in [5.41, 5.74) is 4.07. The van der Waals surface area contributed by atoms with Crippen LogP contribution in [0.2, 0.25) is 0 Å². The van der Waals surface area contributed by atoms with Crippen LogP contribution in [0.15, 0.2) is 35.5 Å². The number of allylic oxidation sites excluding steroid dienone is 4. The molecule has 0 saturated heterocycles. The van der Waals surface area contributed by atoms with Crippen molar-refractivity contribution in [2.75, 3.05) is 0 Å². The Kier molecular flexibility index (Phi) is 7.69. The molecule has 0 heterocycles. The lowest BCUT2D eigenvalue weighted by Gasteiger charge is -2.44. The zero-order valence-electron chi connectivity index (χ0n) is 19.8. The van der Waals surface area contributed by atoms with Crippen LogP contribution in [0.25, 0.3) is 0 Å². The Labute approximate surface area is 184 Å². The van der Waals surface area contributed by atoms with E-state index in [-0.39, 0.29) is 0 Å². The average Bonchev–Trinajstić information content (AvgIpc) is 3.06. The van der Waals surface area contributed by atoms with E-state index >= 15 is 0 Å². The summed E-state index contributed by atoms with van der Waals surface area (Å²) in [5.74, 6) is 1.68. The van der Waals surface area contributed by atoms with Gasteiger partial charge in [-0.3, -0.25) is 0 Å². The second kappa shape index (κ2) is 9.71. The molecule has 170 valence electrons. The fraction of sp³-hybridized carbons (Fsp3) is 0.778. The molecule has 0 aliphatic heterocycles. The quantitative estimate of drug-likeness (QED) is 0.258. The van der Waals surface area contributed by atoms with Gasteiger partial charge in [-0.15, -0.1) is 0 Å². The topological polar surface area (TPSA) is 49.7 Å². The van der Waals surface area contributed by atoms with Gasteiger partial charge in [0.25, 0.3) is 0 Å². The van der Waals surface area contributed by atoms with E-state index in [4.69, 9.17) is 5.26 Å². The van der Waals surface area contributed by atoms with Gasteiger partial charge in [0, 0.05) is 12.8 Å².